The van der Waals surface area contributed by atoms with Gasteiger partial charge in [-0.3, -0.25) is 14.7 Å². The zero-order chi connectivity index (χ0) is 25.2. The van der Waals surface area contributed by atoms with Crippen molar-refractivity contribution in [2.45, 2.75) is 32.2 Å². The Morgan fingerprint density at radius 3 is 2.61 bits per heavy atom. The van der Waals surface area contributed by atoms with Gasteiger partial charge in [0.2, 0.25) is 0 Å². The number of fused-ring (bicyclic) bond motifs is 1. The molecule has 0 saturated carbocycles. The summed E-state index contributed by atoms with van der Waals surface area (Å²) in [6.07, 6.45) is 9.13. The van der Waals surface area contributed by atoms with E-state index in [1.165, 1.54) is 11.4 Å². The number of anilines is 1. The van der Waals surface area contributed by atoms with E-state index < -0.39 is 0 Å². The number of nitrogens with zero attached hydrogens (tertiary/aromatic N) is 5. The maximum atomic E-state index is 12.5. The molecule has 4 aromatic rings. The number of nitrogens with two attached hydrogens (primary N) is 1. The van der Waals surface area contributed by atoms with Crippen LogP contribution >= 0.6 is 0 Å². The van der Waals surface area contributed by atoms with Gasteiger partial charge in [0, 0.05) is 42.2 Å². The van der Waals surface area contributed by atoms with Gasteiger partial charge in [0.15, 0.2) is 11.4 Å². The minimum Gasteiger partial charge on any atom is -0.383 e. The number of hydrogen-bond donors (Lipinski definition) is 2. The topological polar surface area (TPSA) is 119 Å². The van der Waals surface area contributed by atoms with E-state index in [1.54, 1.807) is 30.5 Å². The highest BCUT2D eigenvalue weighted by Gasteiger charge is 2.26. The van der Waals surface area contributed by atoms with Crippen molar-refractivity contribution >= 4 is 23.3 Å². The van der Waals surface area contributed by atoms with Crippen molar-refractivity contribution in [2.75, 3.05) is 12.8 Å². The SMILES string of the molecule is CNC(=O)N1C=CCC1CCc1nc2c(-c3ccc(-c4ccccc4)nc3)cnn2c(N)c1C(C)=O. The fourth-order valence-electron chi connectivity index (χ4n) is 4.65. The number of nitrogens with one attached hydrogen (secondary N) is 1. The number of pyridine rings is 1. The fourth-order valence-corrected chi connectivity index (χ4v) is 4.65. The van der Waals surface area contributed by atoms with Crippen molar-refractivity contribution in [3.05, 3.63) is 78.4 Å². The largest absolute Gasteiger partial charge is 0.383 e. The van der Waals surface area contributed by atoms with E-state index in [-0.39, 0.29) is 23.7 Å². The molecule has 36 heavy (non-hydrogen) atoms. The van der Waals surface area contributed by atoms with Crippen molar-refractivity contribution in [2.24, 2.45) is 0 Å². The second-order valence-corrected chi connectivity index (χ2v) is 8.74. The zero-order valence-electron chi connectivity index (χ0n) is 20.2. The molecule has 1 aliphatic heterocycles. The molecule has 0 aliphatic carbocycles. The number of hydrogen-bond acceptors (Lipinski definition) is 6. The summed E-state index contributed by atoms with van der Waals surface area (Å²) in [4.78, 5) is 35.9. The molecule has 1 aromatic carbocycles. The predicted octanol–water partition coefficient (Wildman–Crippen LogP) is 4.10. The Labute approximate surface area is 208 Å². The molecule has 0 spiro atoms. The van der Waals surface area contributed by atoms with Crippen LogP contribution in [0.4, 0.5) is 10.6 Å². The second-order valence-electron chi connectivity index (χ2n) is 8.74. The van der Waals surface area contributed by atoms with E-state index in [2.05, 4.69) is 15.4 Å². The summed E-state index contributed by atoms with van der Waals surface area (Å²) in [6, 6.07) is 13.7. The molecule has 5 rings (SSSR count). The lowest BCUT2D eigenvalue weighted by molar-refractivity contribution is 0.101. The Morgan fingerprint density at radius 2 is 1.92 bits per heavy atom. The highest BCUT2D eigenvalue weighted by molar-refractivity contribution is 6.00. The van der Waals surface area contributed by atoms with Gasteiger partial charge in [-0.15, -0.1) is 0 Å². The molecule has 1 unspecified atom stereocenters. The molecule has 3 N–H and O–H groups in total. The van der Waals surface area contributed by atoms with Crippen molar-refractivity contribution in [3.8, 4) is 22.4 Å². The quantitative estimate of drug-likeness (QED) is 0.400. The van der Waals surface area contributed by atoms with Gasteiger partial charge >= 0.3 is 6.03 Å². The summed E-state index contributed by atoms with van der Waals surface area (Å²) in [5, 5.41) is 7.08. The summed E-state index contributed by atoms with van der Waals surface area (Å²) in [5.41, 5.74) is 11.5. The van der Waals surface area contributed by atoms with Crippen LogP contribution in [0.25, 0.3) is 28.0 Å². The van der Waals surface area contributed by atoms with Crippen LogP contribution in [0.15, 0.2) is 67.1 Å². The van der Waals surface area contributed by atoms with Crippen LogP contribution in [0.1, 0.15) is 35.8 Å². The van der Waals surface area contributed by atoms with Crippen LogP contribution in [0.2, 0.25) is 0 Å². The van der Waals surface area contributed by atoms with E-state index >= 15 is 0 Å². The molecule has 9 heteroatoms. The smallest absolute Gasteiger partial charge is 0.321 e. The van der Waals surface area contributed by atoms with E-state index in [9.17, 15) is 9.59 Å². The number of urea groups is 1. The standard InChI is InChI=1S/C27H27N7O2/c1-17(35)24-23(13-11-20-9-6-14-33(20)27(36)29-2)32-26-21(16-31-34(26)25(24)28)19-10-12-22(30-15-19)18-7-4-3-5-8-18/h3-8,10,12,14-16,20H,9,11,13,28H2,1-2H3,(H,29,36). The van der Waals surface area contributed by atoms with E-state index in [1.807, 2.05) is 48.5 Å². The third-order valence-electron chi connectivity index (χ3n) is 6.48. The first-order valence-electron chi connectivity index (χ1n) is 11.8. The number of amides is 2. The van der Waals surface area contributed by atoms with Gasteiger partial charge < -0.3 is 11.1 Å². The lowest BCUT2D eigenvalue weighted by Crippen LogP contribution is -2.39. The maximum Gasteiger partial charge on any atom is 0.321 e. The van der Waals surface area contributed by atoms with Gasteiger partial charge in [0.1, 0.15) is 5.82 Å². The summed E-state index contributed by atoms with van der Waals surface area (Å²) in [6.45, 7) is 1.48. The number of benzene rings is 1. The Kier molecular flexibility index (Phi) is 6.20. The molecular formula is C27H27N7O2. The average molecular weight is 482 g/mol. The number of carbonyl (C=O) groups excluding carboxylic acids is 2. The van der Waals surface area contributed by atoms with E-state index in [0.29, 0.717) is 29.7 Å². The zero-order valence-corrected chi connectivity index (χ0v) is 20.2. The molecule has 0 fully saturated rings. The Morgan fingerprint density at radius 1 is 1.11 bits per heavy atom. The normalized spacial score (nSPS) is 14.9. The van der Waals surface area contributed by atoms with Crippen LogP contribution in [-0.4, -0.2) is 49.4 Å². The highest BCUT2D eigenvalue weighted by atomic mass is 16.2. The van der Waals surface area contributed by atoms with Crippen LogP contribution in [0, 0.1) is 0 Å². The van der Waals surface area contributed by atoms with Crippen molar-refractivity contribution in [1.82, 2.24) is 29.8 Å². The Balaban J connectivity index is 1.49. The van der Waals surface area contributed by atoms with Crippen molar-refractivity contribution in [3.63, 3.8) is 0 Å². The van der Waals surface area contributed by atoms with Gasteiger partial charge in [0.25, 0.3) is 0 Å². The van der Waals surface area contributed by atoms with E-state index in [0.717, 1.165) is 28.8 Å². The van der Waals surface area contributed by atoms with E-state index in [4.69, 9.17) is 10.7 Å². The minimum absolute atomic E-state index is 0.0110. The molecule has 2 amide bonds. The molecule has 0 saturated heterocycles. The van der Waals surface area contributed by atoms with Gasteiger partial charge in [-0.25, -0.2) is 9.78 Å². The monoisotopic (exact) mass is 481 g/mol. The Hall–Kier alpha value is -4.53. The summed E-state index contributed by atoms with van der Waals surface area (Å²) >= 11 is 0. The molecule has 9 nitrogen and oxygen atoms in total. The molecule has 3 aromatic heterocycles. The van der Waals surface area contributed by atoms with Gasteiger partial charge in [-0.05, 0) is 32.3 Å². The van der Waals surface area contributed by atoms with Crippen LogP contribution < -0.4 is 11.1 Å². The van der Waals surface area contributed by atoms with Crippen molar-refractivity contribution < 1.29 is 9.59 Å². The first-order chi connectivity index (χ1) is 17.5. The number of rotatable bonds is 6. The van der Waals surface area contributed by atoms with Gasteiger partial charge in [-0.1, -0.05) is 42.5 Å². The molecule has 0 radical (unpaired) electrons. The third kappa shape index (κ3) is 4.19. The summed E-state index contributed by atoms with van der Waals surface area (Å²) in [5.74, 6) is 0.0888. The molecular weight excluding hydrogens is 454 g/mol. The maximum absolute atomic E-state index is 12.5. The molecule has 4 heterocycles. The second kappa shape index (κ2) is 9.61. The van der Waals surface area contributed by atoms with Crippen molar-refractivity contribution in [1.29, 1.82) is 0 Å². The molecule has 0 bridgehead atoms. The van der Waals surface area contributed by atoms with Crippen LogP contribution in [0.5, 0.6) is 0 Å². The number of carbonyl (C=O) groups is 2. The first kappa shape index (κ1) is 23.2. The number of nitrogen functional groups attached to an aromatic ring is 1. The summed E-state index contributed by atoms with van der Waals surface area (Å²) < 4.78 is 1.51. The highest BCUT2D eigenvalue weighted by Crippen LogP contribution is 2.30. The molecule has 1 atom stereocenters. The predicted molar refractivity (Wildman–Crippen MR) is 138 cm³/mol. The lowest BCUT2D eigenvalue weighted by Gasteiger charge is -2.23. The molecule has 182 valence electrons. The fraction of sp³-hybridized carbons (Fsp3) is 0.222. The van der Waals surface area contributed by atoms with Crippen LogP contribution in [-0.2, 0) is 6.42 Å². The minimum atomic E-state index is -0.171. The van der Waals surface area contributed by atoms with Crippen LogP contribution in [0.3, 0.4) is 0 Å². The number of aromatic nitrogens is 4. The number of ketones is 1. The molecule has 1 aliphatic rings. The first-order valence-corrected chi connectivity index (χ1v) is 11.8. The average Bonchev–Trinajstić information content (AvgIpc) is 3.55. The number of aryl methyl sites for hydroxylation is 1. The Bertz CT molecular complexity index is 1460. The summed E-state index contributed by atoms with van der Waals surface area (Å²) in [7, 11) is 1.61. The number of Topliss-reactive ketones (excluding diaryl/α,β-unsaturated/α-hetero) is 1. The van der Waals surface area contributed by atoms with Gasteiger partial charge in [0.05, 0.1) is 23.1 Å². The third-order valence-corrected chi connectivity index (χ3v) is 6.48. The van der Waals surface area contributed by atoms with Gasteiger partial charge in [-0.2, -0.15) is 9.61 Å². The lowest BCUT2D eigenvalue weighted by atomic mass is 10.0.